The number of thiophene rings is 1. The molecule has 7 nitrogen and oxygen atoms in total. The van der Waals surface area contributed by atoms with Gasteiger partial charge in [0.2, 0.25) is 24.4 Å². The van der Waals surface area contributed by atoms with Crippen LogP contribution in [0, 0.1) is 0 Å². The number of carbonyl (C=O) groups is 1. The Morgan fingerprint density at radius 3 is 3.00 bits per heavy atom. The number of amides is 1. The Kier molecular flexibility index (Phi) is 4.57. The van der Waals surface area contributed by atoms with Crippen molar-refractivity contribution in [1.82, 2.24) is 15.0 Å². The number of hydrogen-bond acceptors (Lipinski definition) is 7. The van der Waals surface area contributed by atoms with E-state index in [0.29, 0.717) is 31.1 Å². The Balaban J connectivity index is 1.32. The molecule has 134 valence electrons. The van der Waals surface area contributed by atoms with Gasteiger partial charge in [-0.15, -0.1) is 11.3 Å². The molecule has 4 rings (SSSR count). The Hall–Kier alpha value is -2.87. The van der Waals surface area contributed by atoms with Crippen LogP contribution in [0.4, 0.5) is 0 Å². The fraction of sp³-hybridized carbons (Fsp3) is 0.278. The highest BCUT2D eigenvalue weighted by atomic mass is 32.1. The van der Waals surface area contributed by atoms with E-state index in [0.717, 1.165) is 21.9 Å². The summed E-state index contributed by atoms with van der Waals surface area (Å²) in [5.41, 5.74) is 0.989. The number of rotatable bonds is 6. The lowest BCUT2D eigenvalue weighted by Gasteiger charge is -2.17. The van der Waals surface area contributed by atoms with E-state index in [2.05, 4.69) is 10.1 Å². The van der Waals surface area contributed by atoms with Gasteiger partial charge in [-0.25, -0.2) is 0 Å². The van der Waals surface area contributed by atoms with E-state index in [1.165, 1.54) is 0 Å². The van der Waals surface area contributed by atoms with Crippen molar-refractivity contribution in [2.45, 2.75) is 19.4 Å². The summed E-state index contributed by atoms with van der Waals surface area (Å²) in [5, 5.41) is 5.91. The van der Waals surface area contributed by atoms with Gasteiger partial charge >= 0.3 is 0 Å². The third-order valence-corrected chi connectivity index (χ3v) is 4.91. The summed E-state index contributed by atoms with van der Waals surface area (Å²) in [6.07, 6.45) is 0.732. The van der Waals surface area contributed by atoms with E-state index in [9.17, 15) is 4.79 Å². The summed E-state index contributed by atoms with van der Waals surface area (Å²) in [6, 6.07) is 9.56. The Morgan fingerprint density at radius 2 is 2.15 bits per heavy atom. The van der Waals surface area contributed by atoms with Crippen molar-refractivity contribution in [3.05, 3.63) is 47.2 Å². The Bertz CT molecular complexity index is 907. The molecule has 1 aliphatic rings. The predicted molar refractivity (Wildman–Crippen MR) is 95.0 cm³/mol. The molecule has 0 bridgehead atoms. The fourth-order valence-corrected chi connectivity index (χ4v) is 3.32. The van der Waals surface area contributed by atoms with Gasteiger partial charge in [0.15, 0.2) is 11.5 Å². The molecule has 2 aromatic heterocycles. The maximum atomic E-state index is 12.4. The van der Waals surface area contributed by atoms with Crippen LogP contribution in [0.15, 0.2) is 40.2 Å². The van der Waals surface area contributed by atoms with Crippen molar-refractivity contribution in [3.63, 3.8) is 0 Å². The van der Waals surface area contributed by atoms with Gasteiger partial charge in [0.1, 0.15) is 0 Å². The van der Waals surface area contributed by atoms with Crippen molar-refractivity contribution in [2.75, 3.05) is 13.8 Å². The minimum absolute atomic E-state index is 0.0125. The first-order valence-electron chi connectivity index (χ1n) is 8.18. The van der Waals surface area contributed by atoms with Crippen molar-refractivity contribution >= 4 is 17.2 Å². The normalized spacial score (nSPS) is 12.3. The van der Waals surface area contributed by atoms with Gasteiger partial charge in [-0.1, -0.05) is 17.3 Å². The first-order chi connectivity index (χ1) is 12.7. The van der Waals surface area contributed by atoms with E-state index < -0.39 is 0 Å². The lowest BCUT2D eigenvalue weighted by Crippen LogP contribution is -2.26. The lowest BCUT2D eigenvalue weighted by molar-refractivity contribution is -0.130. The van der Waals surface area contributed by atoms with Gasteiger partial charge in [-0.2, -0.15) is 4.98 Å². The highest BCUT2D eigenvalue weighted by Crippen LogP contribution is 2.32. The molecular weight excluding hydrogens is 354 g/mol. The zero-order valence-electron chi connectivity index (χ0n) is 14.2. The van der Waals surface area contributed by atoms with Crippen molar-refractivity contribution in [3.8, 4) is 22.2 Å². The number of carbonyl (C=O) groups excluding carboxylic acids is 1. The quantitative estimate of drug-likeness (QED) is 0.662. The number of ether oxygens (including phenoxy) is 2. The third kappa shape index (κ3) is 3.55. The van der Waals surface area contributed by atoms with Crippen molar-refractivity contribution < 1.29 is 18.8 Å². The minimum atomic E-state index is 0.0125. The maximum absolute atomic E-state index is 12.4. The molecule has 0 fully saturated rings. The molecule has 1 amide bonds. The van der Waals surface area contributed by atoms with E-state index in [4.69, 9.17) is 14.0 Å². The number of aryl methyl sites for hydroxylation is 1. The second kappa shape index (κ2) is 7.17. The van der Waals surface area contributed by atoms with Gasteiger partial charge in [0, 0.05) is 26.4 Å². The lowest BCUT2D eigenvalue weighted by atomic mass is 10.2. The molecule has 0 aliphatic carbocycles. The zero-order chi connectivity index (χ0) is 17.9. The van der Waals surface area contributed by atoms with Crippen LogP contribution in [0.25, 0.3) is 10.7 Å². The summed E-state index contributed by atoms with van der Waals surface area (Å²) in [6.45, 7) is 0.741. The molecule has 1 aromatic carbocycles. The van der Waals surface area contributed by atoms with Gasteiger partial charge in [0.25, 0.3) is 0 Å². The van der Waals surface area contributed by atoms with Crippen molar-refractivity contribution in [1.29, 1.82) is 0 Å². The van der Waals surface area contributed by atoms with E-state index in [-0.39, 0.29) is 12.7 Å². The summed E-state index contributed by atoms with van der Waals surface area (Å²) in [4.78, 5) is 19.3. The summed E-state index contributed by atoms with van der Waals surface area (Å²) >= 11 is 1.55. The summed E-state index contributed by atoms with van der Waals surface area (Å²) in [5.74, 6) is 2.50. The van der Waals surface area contributed by atoms with Crippen LogP contribution in [0.2, 0.25) is 0 Å². The predicted octanol–water partition coefficient (Wildman–Crippen LogP) is 3.12. The van der Waals surface area contributed by atoms with Gasteiger partial charge < -0.3 is 18.9 Å². The SMILES string of the molecule is CN(Cc1ccc2c(c1)OCO2)C(=O)CCc1nc(-c2cccs2)no1. The summed E-state index contributed by atoms with van der Waals surface area (Å²) in [7, 11) is 1.78. The maximum Gasteiger partial charge on any atom is 0.231 e. The molecule has 0 radical (unpaired) electrons. The van der Waals surface area contributed by atoms with Crippen molar-refractivity contribution in [2.24, 2.45) is 0 Å². The van der Waals surface area contributed by atoms with Gasteiger partial charge in [0.05, 0.1) is 4.88 Å². The average molecular weight is 371 g/mol. The average Bonchev–Trinajstić information content (AvgIpc) is 3.39. The van der Waals surface area contributed by atoms with E-state index in [1.807, 2.05) is 35.7 Å². The van der Waals surface area contributed by atoms with Gasteiger partial charge in [-0.05, 0) is 29.1 Å². The zero-order valence-corrected chi connectivity index (χ0v) is 15.0. The van der Waals surface area contributed by atoms with E-state index >= 15 is 0 Å². The minimum Gasteiger partial charge on any atom is -0.454 e. The van der Waals surface area contributed by atoms with Crippen LogP contribution < -0.4 is 9.47 Å². The van der Waals surface area contributed by atoms with E-state index in [1.54, 1.807) is 23.3 Å². The molecule has 3 aromatic rings. The van der Waals surface area contributed by atoms with Crippen LogP contribution >= 0.6 is 11.3 Å². The highest BCUT2D eigenvalue weighted by Gasteiger charge is 2.16. The first-order valence-corrected chi connectivity index (χ1v) is 9.06. The molecular formula is C18H17N3O4S. The molecule has 26 heavy (non-hydrogen) atoms. The Labute approximate surface area is 154 Å². The molecule has 0 spiro atoms. The van der Waals surface area contributed by atoms with Crippen LogP contribution in [0.1, 0.15) is 17.9 Å². The van der Waals surface area contributed by atoms with Crippen LogP contribution in [-0.4, -0.2) is 34.8 Å². The summed E-state index contributed by atoms with van der Waals surface area (Å²) < 4.78 is 15.9. The monoisotopic (exact) mass is 371 g/mol. The van der Waals surface area contributed by atoms with Crippen LogP contribution in [-0.2, 0) is 17.8 Å². The third-order valence-electron chi connectivity index (χ3n) is 4.04. The standard InChI is InChI=1S/C18H17N3O4S/c1-21(10-12-4-5-13-14(9-12)24-11-23-13)17(22)7-6-16-19-18(20-25-16)15-3-2-8-26-15/h2-5,8-9H,6-7,10-11H2,1H3. The largest absolute Gasteiger partial charge is 0.454 e. The van der Waals surface area contributed by atoms with Gasteiger partial charge in [-0.3, -0.25) is 4.79 Å². The first kappa shape index (κ1) is 16.6. The molecule has 8 heteroatoms. The molecule has 0 saturated heterocycles. The van der Waals surface area contributed by atoms with Crippen LogP contribution in [0.3, 0.4) is 0 Å². The number of benzene rings is 1. The number of aromatic nitrogens is 2. The van der Waals surface area contributed by atoms with Crippen LogP contribution in [0.5, 0.6) is 11.5 Å². The molecule has 0 atom stereocenters. The number of fused-ring (bicyclic) bond motifs is 1. The fourth-order valence-electron chi connectivity index (χ4n) is 2.67. The number of nitrogens with zero attached hydrogens (tertiary/aromatic N) is 3. The molecule has 0 N–H and O–H groups in total. The molecule has 3 heterocycles. The molecule has 0 saturated carbocycles. The molecule has 0 unspecified atom stereocenters. The Morgan fingerprint density at radius 1 is 1.27 bits per heavy atom. The topological polar surface area (TPSA) is 77.7 Å². The second-order valence-corrected chi connectivity index (χ2v) is 6.87. The molecule has 1 aliphatic heterocycles. The number of hydrogen-bond donors (Lipinski definition) is 0. The smallest absolute Gasteiger partial charge is 0.231 e. The highest BCUT2D eigenvalue weighted by molar-refractivity contribution is 7.13. The second-order valence-electron chi connectivity index (χ2n) is 5.93.